The molecule has 3 rings (SSSR count). The molecule has 1 aliphatic heterocycles. The van der Waals surface area contributed by atoms with Crippen molar-refractivity contribution in [3.8, 4) is 0 Å². The van der Waals surface area contributed by atoms with Gasteiger partial charge < -0.3 is 15.0 Å². The SMILES string of the molecule is Cn1cc(N2CC3CCC(C2)C3NC(=O)OC(C)(C)C)cn1. The van der Waals surface area contributed by atoms with Gasteiger partial charge in [0.15, 0.2) is 0 Å². The number of fused-ring (bicyclic) bond motifs is 2. The molecule has 22 heavy (non-hydrogen) atoms. The molecule has 2 aliphatic rings. The van der Waals surface area contributed by atoms with Crippen LogP contribution in [0.4, 0.5) is 10.5 Å². The summed E-state index contributed by atoms with van der Waals surface area (Å²) < 4.78 is 7.24. The normalized spacial score (nSPS) is 27.8. The number of hydrogen-bond donors (Lipinski definition) is 1. The van der Waals surface area contributed by atoms with E-state index in [1.165, 1.54) is 18.5 Å². The molecule has 1 amide bonds. The third kappa shape index (κ3) is 3.20. The number of anilines is 1. The first kappa shape index (κ1) is 15.2. The van der Waals surface area contributed by atoms with Crippen molar-refractivity contribution in [3.63, 3.8) is 0 Å². The fourth-order valence-corrected chi connectivity index (χ4v) is 3.68. The Bertz CT molecular complexity index is 535. The van der Waals surface area contributed by atoms with Gasteiger partial charge in [-0.05, 0) is 45.4 Å². The first-order valence-electron chi connectivity index (χ1n) is 8.05. The number of nitrogens with zero attached hydrogens (tertiary/aromatic N) is 3. The molecule has 6 nitrogen and oxygen atoms in total. The smallest absolute Gasteiger partial charge is 0.407 e. The Labute approximate surface area is 131 Å². The lowest BCUT2D eigenvalue weighted by molar-refractivity contribution is 0.0472. The molecular formula is C16H26N4O2. The van der Waals surface area contributed by atoms with E-state index >= 15 is 0 Å². The van der Waals surface area contributed by atoms with Crippen LogP contribution in [0.25, 0.3) is 0 Å². The lowest BCUT2D eigenvalue weighted by atomic mass is 9.92. The summed E-state index contributed by atoms with van der Waals surface area (Å²) in [6.45, 7) is 7.63. The maximum atomic E-state index is 12.0. The predicted octanol–water partition coefficient (Wildman–Crippen LogP) is 2.16. The summed E-state index contributed by atoms with van der Waals surface area (Å²) in [4.78, 5) is 14.4. The standard InChI is InChI=1S/C16H26N4O2/c1-16(2,3)22-15(21)18-14-11-5-6-12(14)9-20(8-11)13-7-17-19(4)10-13/h7,10-12,14H,5-6,8-9H2,1-4H3,(H,18,21). The van der Waals surface area contributed by atoms with Crippen LogP contribution in [0, 0.1) is 11.8 Å². The highest BCUT2D eigenvalue weighted by Gasteiger charge is 2.43. The summed E-state index contributed by atoms with van der Waals surface area (Å²) in [7, 11) is 1.94. The fourth-order valence-electron chi connectivity index (χ4n) is 3.68. The number of piperidine rings is 1. The predicted molar refractivity (Wildman–Crippen MR) is 84.8 cm³/mol. The van der Waals surface area contributed by atoms with E-state index in [9.17, 15) is 4.79 Å². The van der Waals surface area contributed by atoms with Crippen LogP contribution < -0.4 is 10.2 Å². The van der Waals surface area contributed by atoms with Crippen LogP contribution in [0.3, 0.4) is 0 Å². The number of hydrogen-bond acceptors (Lipinski definition) is 4. The number of carbonyl (C=O) groups is 1. The zero-order valence-corrected chi connectivity index (χ0v) is 13.9. The van der Waals surface area contributed by atoms with Crippen molar-refractivity contribution in [2.24, 2.45) is 18.9 Å². The lowest BCUT2D eigenvalue weighted by Crippen LogP contribution is -2.53. The van der Waals surface area contributed by atoms with Gasteiger partial charge in [-0.25, -0.2) is 4.79 Å². The van der Waals surface area contributed by atoms with Crippen LogP contribution in [0.2, 0.25) is 0 Å². The summed E-state index contributed by atoms with van der Waals surface area (Å²) >= 11 is 0. The zero-order valence-electron chi connectivity index (χ0n) is 13.9. The Morgan fingerprint density at radius 2 is 1.95 bits per heavy atom. The molecule has 2 bridgehead atoms. The molecule has 2 unspecified atom stereocenters. The van der Waals surface area contributed by atoms with Crippen molar-refractivity contribution < 1.29 is 9.53 Å². The number of aryl methyl sites for hydroxylation is 1. The van der Waals surface area contributed by atoms with E-state index < -0.39 is 5.60 Å². The Kier molecular flexibility index (Phi) is 3.78. The van der Waals surface area contributed by atoms with Crippen molar-refractivity contribution in [1.82, 2.24) is 15.1 Å². The molecule has 1 saturated heterocycles. The quantitative estimate of drug-likeness (QED) is 0.909. The van der Waals surface area contributed by atoms with Crippen LogP contribution in [0.5, 0.6) is 0 Å². The average Bonchev–Trinajstić information content (AvgIpc) is 2.89. The Morgan fingerprint density at radius 1 is 1.32 bits per heavy atom. The van der Waals surface area contributed by atoms with Gasteiger partial charge in [-0.15, -0.1) is 0 Å². The summed E-state index contributed by atoms with van der Waals surface area (Å²) in [5.74, 6) is 0.984. The third-order valence-electron chi connectivity index (χ3n) is 4.57. The van der Waals surface area contributed by atoms with Gasteiger partial charge in [0.1, 0.15) is 5.60 Å². The average molecular weight is 306 g/mol. The second-order valence-electron chi connectivity index (χ2n) is 7.55. The van der Waals surface area contributed by atoms with Gasteiger partial charge in [0.25, 0.3) is 0 Å². The minimum Gasteiger partial charge on any atom is -0.444 e. The largest absolute Gasteiger partial charge is 0.444 e. The summed E-state index contributed by atoms with van der Waals surface area (Å²) in [6, 6.07) is 0.239. The summed E-state index contributed by atoms with van der Waals surface area (Å²) in [5.41, 5.74) is 0.731. The minimum absolute atomic E-state index is 0.239. The molecule has 1 N–H and O–H groups in total. The summed E-state index contributed by atoms with van der Waals surface area (Å²) in [5, 5.41) is 7.36. The molecule has 1 aliphatic carbocycles. The number of alkyl carbamates (subject to hydrolysis) is 1. The Balaban J connectivity index is 1.62. The molecular weight excluding hydrogens is 280 g/mol. The lowest BCUT2D eigenvalue weighted by Gasteiger charge is -2.39. The van der Waals surface area contributed by atoms with Crippen molar-refractivity contribution in [2.75, 3.05) is 18.0 Å². The zero-order chi connectivity index (χ0) is 15.9. The van der Waals surface area contributed by atoms with E-state index in [1.807, 2.05) is 38.7 Å². The topological polar surface area (TPSA) is 59.4 Å². The fraction of sp³-hybridized carbons (Fsp3) is 0.750. The van der Waals surface area contributed by atoms with Crippen molar-refractivity contribution >= 4 is 11.8 Å². The molecule has 1 aromatic heterocycles. The van der Waals surface area contributed by atoms with E-state index in [0.717, 1.165) is 13.1 Å². The minimum atomic E-state index is -0.445. The number of rotatable bonds is 2. The van der Waals surface area contributed by atoms with Gasteiger partial charge in [-0.3, -0.25) is 4.68 Å². The van der Waals surface area contributed by atoms with Crippen LogP contribution in [-0.2, 0) is 11.8 Å². The number of carbonyl (C=O) groups excluding carboxylic acids is 1. The number of nitrogens with one attached hydrogen (secondary N) is 1. The van der Waals surface area contributed by atoms with Crippen LogP contribution in [0.15, 0.2) is 12.4 Å². The van der Waals surface area contributed by atoms with E-state index in [4.69, 9.17) is 4.74 Å². The molecule has 0 aromatic carbocycles. The van der Waals surface area contributed by atoms with Crippen LogP contribution in [-0.4, -0.2) is 40.6 Å². The van der Waals surface area contributed by atoms with E-state index in [0.29, 0.717) is 11.8 Å². The van der Waals surface area contributed by atoms with Crippen LogP contribution >= 0.6 is 0 Å². The molecule has 6 heteroatoms. The molecule has 122 valence electrons. The molecule has 2 atom stereocenters. The molecule has 2 fully saturated rings. The molecule has 1 aromatic rings. The van der Waals surface area contributed by atoms with Crippen molar-refractivity contribution in [1.29, 1.82) is 0 Å². The highest BCUT2D eigenvalue weighted by atomic mass is 16.6. The van der Waals surface area contributed by atoms with Gasteiger partial charge in [0.2, 0.25) is 0 Å². The summed E-state index contributed by atoms with van der Waals surface area (Å²) in [6.07, 6.45) is 6.02. The maximum absolute atomic E-state index is 12.0. The first-order chi connectivity index (χ1) is 10.3. The van der Waals surface area contributed by atoms with Gasteiger partial charge in [-0.1, -0.05) is 0 Å². The van der Waals surface area contributed by atoms with Gasteiger partial charge in [-0.2, -0.15) is 5.10 Å². The maximum Gasteiger partial charge on any atom is 0.407 e. The number of amides is 1. The molecule has 1 saturated carbocycles. The van der Waals surface area contributed by atoms with E-state index in [2.05, 4.69) is 21.5 Å². The highest BCUT2D eigenvalue weighted by molar-refractivity contribution is 5.68. The van der Waals surface area contributed by atoms with E-state index in [1.54, 1.807) is 0 Å². The van der Waals surface area contributed by atoms with Gasteiger partial charge >= 0.3 is 6.09 Å². The van der Waals surface area contributed by atoms with Crippen LogP contribution in [0.1, 0.15) is 33.6 Å². The Hall–Kier alpha value is -1.72. The monoisotopic (exact) mass is 306 g/mol. The van der Waals surface area contributed by atoms with Crippen molar-refractivity contribution in [3.05, 3.63) is 12.4 Å². The third-order valence-corrected chi connectivity index (χ3v) is 4.57. The van der Waals surface area contributed by atoms with Gasteiger partial charge in [0.05, 0.1) is 11.9 Å². The number of aromatic nitrogens is 2. The molecule has 2 heterocycles. The first-order valence-corrected chi connectivity index (χ1v) is 8.05. The Morgan fingerprint density at radius 3 is 2.45 bits per heavy atom. The second-order valence-corrected chi connectivity index (χ2v) is 7.55. The van der Waals surface area contributed by atoms with Gasteiger partial charge in [0, 0.05) is 32.4 Å². The van der Waals surface area contributed by atoms with E-state index in [-0.39, 0.29) is 12.1 Å². The van der Waals surface area contributed by atoms with Crippen molar-refractivity contribution in [2.45, 2.75) is 45.3 Å². The molecule has 0 spiro atoms. The number of ether oxygens (including phenoxy) is 1. The highest BCUT2D eigenvalue weighted by Crippen LogP contribution is 2.38. The molecule has 0 radical (unpaired) electrons. The second kappa shape index (κ2) is 5.48.